The maximum atomic E-state index is 14.2. The van der Waals surface area contributed by atoms with Crippen LogP contribution < -0.4 is 20.1 Å². The van der Waals surface area contributed by atoms with E-state index in [-0.39, 0.29) is 17.9 Å². The van der Waals surface area contributed by atoms with E-state index in [1.807, 2.05) is 0 Å². The minimum atomic E-state index is -1.21. The lowest BCUT2D eigenvalue weighted by Gasteiger charge is -2.36. The van der Waals surface area contributed by atoms with Crippen molar-refractivity contribution in [3.05, 3.63) is 47.8 Å². The van der Waals surface area contributed by atoms with Crippen molar-refractivity contribution in [3.8, 4) is 11.5 Å². The molecule has 162 valence electrons. The molecule has 3 atom stereocenters. The molecule has 0 unspecified atom stereocenters. The third-order valence-electron chi connectivity index (χ3n) is 6.81. The van der Waals surface area contributed by atoms with E-state index < -0.39 is 17.3 Å². The number of methoxy groups -OCH3 is 2. The summed E-state index contributed by atoms with van der Waals surface area (Å²) in [4.78, 5) is 29.1. The Morgan fingerprint density at radius 2 is 2.06 bits per heavy atom. The average molecular weight is 425 g/mol. The summed E-state index contributed by atoms with van der Waals surface area (Å²) in [5, 5.41) is 5.83. The number of ether oxygens (including phenoxy) is 2. The van der Waals surface area contributed by atoms with Crippen molar-refractivity contribution in [1.29, 1.82) is 0 Å². The second-order valence-electron chi connectivity index (χ2n) is 8.24. The molecule has 2 saturated heterocycles. The zero-order valence-electron chi connectivity index (χ0n) is 17.4. The monoisotopic (exact) mass is 425 g/mol. The highest BCUT2D eigenvalue weighted by Crippen LogP contribution is 2.55. The number of nitrogens with zero attached hydrogens (tertiary/aromatic N) is 1. The molecule has 0 saturated carbocycles. The van der Waals surface area contributed by atoms with Crippen LogP contribution in [0.1, 0.15) is 24.8 Å². The number of benzene rings is 2. The van der Waals surface area contributed by atoms with Gasteiger partial charge in [0.05, 0.1) is 25.8 Å². The van der Waals surface area contributed by atoms with E-state index in [0.29, 0.717) is 41.4 Å². The number of fused-ring (bicyclic) bond motifs is 4. The standard InChI is InChI=1S/C23H24FN3O4/c1-30-15-6-8-20(31-2)19(12-15)25-21(28)17-11-14-4-3-9-27(14)23(17)16-10-13(24)5-7-18(16)26-22(23)29/h5-8,10,12,14,17H,3-4,9,11H2,1-2H3,(H,25,28)(H,26,29)/t14-,17+,23-/m0/s1. The quantitative estimate of drug-likeness (QED) is 0.787. The van der Waals surface area contributed by atoms with E-state index >= 15 is 0 Å². The SMILES string of the molecule is COc1ccc(OC)c(NC(=O)[C@H]2C[C@@H]3CCCN3[C@]23C(=O)Nc2ccc(F)cc23)c1. The highest BCUT2D eigenvalue weighted by atomic mass is 19.1. The molecule has 5 rings (SSSR count). The average Bonchev–Trinajstić information content (AvgIpc) is 3.42. The van der Waals surface area contributed by atoms with Gasteiger partial charge in [-0.1, -0.05) is 0 Å². The van der Waals surface area contributed by atoms with Gasteiger partial charge in [0, 0.05) is 23.4 Å². The first-order valence-corrected chi connectivity index (χ1v) is 10.4. The van der Waals surface area contributed by atoms with Gasteiger partial charge in [-0.2, -0.15) is 0 Å². The van der Waals surface area contributed by atoms with Crippen LogP contribution in [0.2, 0.25) is 0 Å². The fourth-order valence-corrected chi connectivity index (χ4v) is 5.53. The molecule has 0 aromatic heterocycles. The van der Waals surface area contributed by atoms with Crippen LogP contribution in [0.4, 0.5) is 15.8 Å². The van der Waals surface area contributed by atoms with Crippen molar-refractivity contribution in [2.24, 2.45) is 5.92 Å². The summed E-state index contributed by atoms with van der Waals surface area (Å²) in [6, 6.07) is 9.52. The highest BCUT2D eigenvalue weighted by molar-refractivity contribution is 6.10. The second kappa shape index (κ2) is 7.23. The van der Waals surface area contributed by atoms with Crippen LogP contribution in [-0.4, -0.2) is 43.5 Å². The Kier molecular flexibility index (Phi) is 4.62. The Morgan fingerprint density at radius 1 is 1.23 bits per heavy atom. The summed E-state index contributed by atoms with van der Waals surface area (Å²) in [5.41, 5.74) is 0.358. The van der Waals surface area contributed by atoms with Gasteiger partial charge in [-0.25, -0.2) is 4.39 Å². The molecule has 3 aliphatic heterocycles. The number of hydrogen-bond donors (Lipinski definition) is 2. The number of anilines is 2. The van der Waals surface area contributed by atoms with Gasteiger partial charge in [0.1, 0.15) is 22.9 Å². The number of rotatable bonds is 4. The number of hydrogen-bond acceptors (Lipinski definition) is 5. The Balaban J connectivity index is 1.57. The van der Waals surface area contributed by atoms with E-state index in [4.69, 9.17) is 9.47 Å². The predicted molar refractivity (Wildman–Crippen MR) is 113 cm³/mol. The minimum absolute atomic E-state index is 0.0999. The molecule has 3 heterocycles. The lowest BCUT2D eigenvalue weighted by Crippen LogP contribution is -2.53. The third-order valence-corrected chi connectivity index (χ3v) is 6.81. The van der Waals surface area contributed by atoms with Crippen LogP contribution in [0.25, 0.3) is 0 Å². The highest BCUT2D eigenvalue weighted by Gasteiger charge is 2.65. The van der Waals surface area contributed by atoms with E-state index in [1.165, 1.54) is 19.2 Å². The number of carbonyl (C=O) groups excluding carboxylic acids is 2. The summed E-state index contributed by atoms with van der Waals surface area (Å²) in [6.07, 6.45) is 2.38. The largest absolute Gasteiger partial charge is 0.497 e. The fraction of sp³-hybridized carbons (Fsp3) is 0.391. The number of halogens is 1. The van der Waals surface area contributed by atoms with Crippen molar-refractivity contribution in [1.82, 2.24) is 4.90 Å². The molecule has 31 heavy (non-hydrogen) atoms. The lowest BCUT2D eigenvalue weighted by molar-refractivity contribution is -0.135. The Bertz CT molecular complexity index is 1070. The molecule has 2 aromatic carbocycles. The first kappa shape index (κ1) is 19.8. The molecule has 8 heteroatoms. The van der Waals surface area contributed by atoms with Gasteiger partial charge >= 0.3 is 0 Å². The van der Waals surface area contributed by atoms with Crippen molar-refractivity contribution in [2.45, 2.75) is 30.8 Å². The molecule has 7 nitrogen and oxygen atoms in total. The van der Waals surface area contributed by atoms with Gasteiger partial charge in [0.25, 0.3) is 0 Å². The van der Waals surface area contributed by atoms with Gasteiger partial charge < -0.3 is 20.1 Å². The van der Waals surface area contributed by atoms with Gasteiger partial charge in [-0.15, -0.1) is 0 Å². The summed E-state index contributed by atoms with van der Waals surface area (Å²) in [6.45, 7) is 0.695. The first-order valence-electron chi connectivity index (χ1n) is 10.4. The van der Waals surface area contributed by atoms with Crippen LogP contribution in [0.5, 0.6) is 11.5 Å². The van der Waals surface area contributed by atoms with E-state index in [2.05, 4.69) is 15.5 Å². The molecular weight excluding hydrogens is 401 g/mol. The van der Waals surface area contributed by atoms with E-state index in [9.17, 15) is 14.0 Å². The van der Waals surface area contributed by atoms with Gasteiger partial charge in [0.2, 0.25) is 11.8 Å². The maximum Gasteiger partial charge on any atom is 0.250 e. The third kappa shape index (κ3) is 2.81. The van der Waals surface area contributed by atoms with Crippen LogP contribution in [0.3, 0.4) is 0 Å². The number of nitrogens with one attached hydrogen (secondary N) is 2. The Labute approximate surface area is 179 Å². The minimum Gasteiger partial charge on any atom is -0.497 e. The zero-order chi connectivity index (χ0) is 21.8. The summed E-state index contributed by atoms with van der Waals surface area (Å²) >= 11 is 0. The smallest absolute Gasteiger partial charge is 0.250 e. The van der Waals surface area contributed by atoms with Gasteiger partial charge in [0.15, 0.2) is 0 Å². The van der Waals surface area contributed by atoms with Crippen LogP contribution in [0, 0.1) is 11.7 Å². The second-order valence-corrected chi connectivity index (χ2v) is 8.24. The molecule has 2 fully saturated rings. The number of carbonyl (C=O) groups is 2. The van der Waals surface area contributed by atoms with Crippen molar-refractivity contribution in [3.63, 3.8) is 0 Å². The fourth-order valence-electron chi connectivity index (χ4n) is 5.53. The van der Waals surface area contributed by atoms with E-state index in [1.54, 1.807) is 31.4 Å². The maximum absolute atomic E-state index is 14.2. The molecule has 0 radical (unpaired) electrons. The van der Waals surface area contributed by atoms with Crippen molar-refractivity contribution >= 4 is 23.2 Å². The molecule has 0 aliphatic carbocycles. The molecule has 2 N–H and O–H groups in total. The van der Waals surface area contributed by atoms with Crippen LogP contribution in [-0.2, 0) is 15.1 Å². The Morgan fingerprint density at radius 3 is 2.84 bits per heavy atom. The predicted octanol–water partition coefficient (Wildman–Crippen LogP) is 3.11. The summed E-state index contributed by atoms with van der Waals surface area (Å²) in [5.74, 6) is -0.598. The van der Waals surface area contributed by atoms with Crippen LogP contribution >= 0.6 is 0 Å². The van der Waals surface area contributed by atoms with E-state index in [0.717, 1.165) is 12.8 Å². The van der Waals surface area contributed by atoms with Crippen molar-refractivity contribution in [2.75, 3.05) is 31.4 Å². The topological polar surface area (TPSA) is 79.9 Å². The summed E-state index contributed by atoms with van der Waals surface area (Å²) in [7, 11) is 3.07. The normalized spacial score (nSPS) is 26.5. The van der Waals surface area contributed by atoms with Crippen LogP contribution in [0.15, 0.2) is 36.4 Å². The van der Waals surface area contributed by atoms with Gasteiger partial charge in [-0.05, 0) is 56.1 Å². The Hall–Kier alpha value is -3.13. The van der Waals surface area contributed by atoms with Crippen molar-refractivity contribution < 1.29 is 23.5 Å². The molecule has 3 aliphatic rings. The molecular formula is C23H24FN3O4. The van der Waals surface area contributed by atoms with Gasteiger partial charge in [-0.3, -0.25) is 14.5 Å². The first-order chi connectivity index (χ1) is 15.0. The molecule has 2 aromatic rings. The molecule has 0 bridgehead atoms. The zero-order valence-corrected chi connectivity index (χ0v) is 17.4. The molecule has 2 amide bonds. The summed E-state index contributed by atoms with van der Waals surface area (Å²) < 4.78 is 24.9. The lowest BCUT2D eigenvalue weighted by atomic mass is 9.78. The number of amides is 2. The molecule has 1 spiro atoms.